The SMILES string of the molecule is C=C(C)COc1ccc2c(C)c(CCC(=O)NCc3ccc(S(N)(=O)=O)cc3)c(=O)oc2c1. The minimum Gasteiger partial charge on any atom is -0.489 e. The number of nitrogens with one attached hydrogen (secondary N) is 1. The number of benzene rings is 2. The molecule has 0 saturated heterocycles. The van der Waals surface area contributed by atoms with Crippen molar-refractivity contribution >= 4 is 26.9 Å². The first-order valence-electron chi connectivity index (χ1n) is 10.3. The van der Waals surface area contributed by atoms with Crippen LogP contribution in [0.25, 0.3) is 11.0 Å². The number of carbonyl (C=O) groups is 1. The molecule has 1 heterocycles. The Morgan fingerprint density at radius 1 is 1.18 bits per heavy atom. The molecule has 33 heavy (non-hydrogen) atoms. The quantitative estimate of drug-likeness (QED) is 0.365. The van der Waals surface area contributed by atoms with Crippen LogP contribution >= 0.6 is 0 Å². The van der Waals surface area contributed by atoms with Crippen LogP contribution in [-0.2, 0) is 27.8 Å². The van der Waals surface area contributed by atoms with E-state index in [1.54, 1.807) is 24.3 Å². The molecule has 0 radical (unpaired) electrons. The highest BCUT2D eigenvalue weighted by Crippen LogP contribution is 2.25. The van der Waals surface area contributed by atoms with Gasteiger partial charge >= 0.3 is 5.63 Å². The molecule has 0 unspecified atom stereocenters. The summed E-state index contributed by atoms with van der Waals surface area (Å²) in [7, 11) is -3.76. The number of ether oxygens (including phenoxy) is 1. The number of nitrogens with two attached hydrogens (primary N) is 1. The zero-order valence-electron chi connectivity index (χ0n) is 18.5. The van der Waals surface area contributed by atoms with E-state index in [9.17, 15) is 18.0 Å². The molecule has 0 atom stereocenters. The number of fused-ring (bicyclic) bond motifs is 1. The summed E-state index contributed by atoms with van der Waals surface area (Å²) < 4.78 is 33.7. The average molecular weight is 471 g/mol. The van der Waals surface area contributed by atoms with Crippen LogP contribution in [0.4, 0.5) is 0 Å². The molecule has 0 bridgehead atoms. The van der Waals surface area contributed by atoms with Crippen molar-refractivity contribution in [1.82, 2.24) is 5.32 Å². The van der Waals surface area contributed by atoms with E-state index in [1.807, 2.05) is 19.9 Å². The van der Waals surface area contributed by atoms with Gasteiger partial charge in [-0.1, -0.05) is 18.7 Å². The summed E-state index contributed by atoms with van der Waals surface area (Å²) in [6.07, 6.45) is 0.334. The van der Waals surface area contributed by atoms with Crippen LogP contribution in [0.5, 0.6) is 5.75 Å². The lowest BCUT2D eigenvalue weighted by atomic mass is 10.0. The second-order valence-electron chi connectivity index (χ2n) is 7.86. The Hall–Kier alpha value is -3.43. The van der Waals surface area contributed by atoms with E-state index in [0.717, 1.165) is 22.1 Å². The van der Waals surface area contributed by atoms with Crippen LogP contribution in [0, 0.1) is 6.92 Å². The van der Waals surface area contributed by atoms with Gasteiger partial charge in [-0.3, -0.25) is 4.79 Å². The zero-order valence-corrected chi connectivity index (χ0v) is 19.3. The Labute approximate surface area is 192 Å². The first-order valence-corrected chi connectivity index (χ1v) is 11.8. The number of primary sulfonamides is 1. The Bertz CT molecular complexity index is 1360. The van der Waals surface area contributed by atoms with Crippen LogP contribution < -0.4 is 20.8 Å². The number of amides is 1. The van der Waals surface area contributed by atoms with Gasteiger partial charge in [0.05, 0.1) is 4.90 Å². The Kier molecular flexibility index (Phi) is 7.35. The Morgan fingerprint density at radius 2 is 1.88 bits per heavy atom. The molecule has 0 aliphatic rings. The molecule has 3 N–H and O–H groups in total. The number of carbonyl (C=O) groups excluding carboxylic acids is 1. The Balaban J connectivity index is 1.64. The number of hydrogen-bond donors (Lipinski definition) is 2. The lowest BCUT2D eigenvalue weighted by Crippen LogP contribution is -2.24. The minimum absolute atomic E-state index is 0.00517. The summed E-state index contributed by atoms with van der Waals surface area (Å²) >= 11 is 0. The second-order valence-corrected chi connectivity index (χ2v) is 9.42. The van der Waals surface area contributed by atoms with E-state index < -0.39 is 15.6 Å². The van der Waals surface area contributed by atoms with Gasteiger partial charge in [0, 0.05) is 30.0 Å². The zero-order chi connectivity index (χ0) is 24.2. The van der Waals surface area contributed by atoms with E-state index in [4.69, 9.17) is 14.3 Å². The Morgan fingerprint density at radius 3 is 2.52 bits per heavy atom. The highest BCUT2D eigenvalue weighted by Gasteiger charge is 2.14. The van der Waals surface area contributed by atoms with E-state index >= 15 is 0 Å². The van der Waals surface area contributed by atoms with E-state index in [-0.39, 0.29) is 30.2 Å². The summed E-state index contributed by atoms with van der Waals surface area (Å²) in [6, 6.07) is 11.2. The molecule has 0 saturated carbocycles. The minimum atomic E-state index is -3.76. The van der Waals surface area contributed by atoms with Crippen LogP contribution in [-0.4, -0.2) is 20.9 Å². The molecule has 2 aromatic carbocycles. The molecule has 0 aliphatic heterocycles. The predicted octanol–water partition coefficient (Wildman–Crippen LogP) is 2.95. The fourth-order valence-corrected chi connectivity index (χ4v) is 3.80. The van der Waals surface area contributed by atoms with Crippen LogP contribution in [0.2, 0.25) is 0 Å². The van der Waals surface area contributed by atoms with Crippen LogP contribution in [0.15, 0.2) is 68.7 Å². The van der Waals surface area contributed by atoms with Crippen molar-refractivity contribution in [2.75, 3.05) is 6.61 Å². The fourth-order valence-electron chi connectivity index (χ4n) is 3.28. The molecular formula is C24H26N2O6S. The first-order chi connectivity index (χ1) is 15.5. The summed E-state index contributed by atoms with van der Waals surface area (Å²) in [5.41, 5.74) is 2.75. The maximum atomic E-state index is 12.5. The van der Waals surface area contributed by atoms with Gasteiger partial charge in [0.1, 0.15) is 17.9 Å². The van der Waals surface area contributed by atoms with E-state index in [1.165, 1.54) is 12.1 Å². The summed E-state index contributed by atoms with van der Waals surface area (Å²) in [5, 5.41) is 8.61. The molecule has 0 aliphatic carbocycles. The van der Waals surface area contributed by atoms with E-state index in [0.29, 0.717) is 23.5 Å². The molecule has 1 aromatic heterocycles. The van der Waals surface area contributed by atoms with Gasteiger partial charge in [0.2, 0.25) is 15.9 Å². The average Bonchev–Trinajstić information content (AvgIpc) is 2.75. The van der Waals surface area contributed by atoms with Gasteiger partial charge < -0.3 is 14.5 Å². The normalized spacial score (nSPS) is 11.4. The van der Waals surface area contributed by atoms with Gasteiger partial charge in [0.25, 0.3) is 0 Å². The number of rotatable bonds is 9. The standard InChI is InChI=1S/C24H26N2O6S/c1-15(2)14-31-18-6-9-20-16(3)21(24(28)32-22(20)12-18)10-11-23(27)26-13-17-4-7-19(8-5-17)33(25,29)30/h4-9,12H,1,10-11,13-14H2,2-3H3,(H,26,27)(H2,25,29,30). The third-order valence-electron chi connectivity index (χ3n) is 5.09. The maximum absolute atomic E-state index is 12.5. The molecule has 0 fully saturated rings. The predicted molar refractivity (Wildman–Crippen MR) is 126 cm³/mol. The second kappa shape index (κ2) is 10.0. The molecule has 1 amide bonds. The fraction of sp³-hybridized carbons (Fsp3) is 0.250. The smallest absolute Gasteiger partial charge is 0.339 e. The molecule has 3 rings (SSSR count). The van der Waals surface area contributed by atoms with Crippen molar-refractivity contribution in [3.05, 3.63) is 81.7 Å². The van der Waals surface area contributed by atoms with Gasteiger partial charge in [0.15, 0.2) is 0 Å². The van der Waals surface area contributed by atoms with Gasteiger partial charge in [-0.15, -0.1) is 0 Å². The van der Waals surface area contributed by atoms with Crippen LogP contribution in [0.3, 0.4) is 0 Å². The molecular weight excluding hydrogens is 444 g/mol. The highest BCUT2D eigenvalue weighted by atomic mass is 32.2. The summed E-state index contributed by atoms with van der Waals surface area (Å²) in [4.78, 5) is 24.8. The van der Waals surface area contributed by atoms with Gasteiger partial charge in [-0.05, 0) is 61.2 Å². The molecule has 9 heteroatoms. The summed E-state index contributed by atoms with van der Waals surface area (Å²) in [6.45, 7) is 8.08. The third-order valence-corrected chi connectivity index (χ3v) is 6.02. The topological polar surface area (TPSA) is 129 Å². The highest BCUT2D eigenvalue weighted by molar-refractivity contribution is 7.89. The summed E-state index contributed by atoms with van der Waals surface area (Å²) in [5.74, 6) is 0.338. The lowest BCUT2D eigenvalue weighted by Gasteiger charge is -2.10. The van der Waals surface area contributed by atoms with Crippen molar-refractivity contribution in [3.8, 4) is 5.75 Å². The van der Waals surface area contributed by atoms with Crippen molar-refractivity contribution in [2.45, 2.75) is 38.1 Å². The molecule has 8 nitrogen and oxygen atoms in total. The van der Waals surface area contributed by atoms with Gasteiger partial charge in [-0.2, -0.15) is 0 Å². The van der Waals surface area contributed by atoms with Crippen LogP contribution in [0.1, 0.15) is 30.0 Å². The number of hydrogen-bond acceptors (Lipinski definition) is 6. The first kappa shape index (κ1) is 24.2. The molecule has 174 valence electrons. The van der Waals surface area contributed by atoms with Crippen molar-refractivity contribution in [2.24, 2.45) is 5.14 Å². The molecule has 3 aromatic rings. The lowest BCUT2D eigenvalue weighted by molar-refractivity contribution is -0.121. The number of aryl methyl sites for hydroxylation is 1. The van der Waals surface area contributed by atoms with Gasteiger partial charge in [-0.25, -0.2) is 18.4 Å². The van der Waals surface area contributed by atoms with Crippen molar-refractivity contribution in [1.29, 1.82) is 0 Å². The monoisotopic (exact) mass is 470 g/mol. The van der Waals surface area contributed by atoms with Crippen molar-refractivity contribution < 1.29 is 22.4 Å². The third kappa shape index (κ3) is 6.30. The molecule has 0 spiro atoms. The largest absolute Gasteiger partial charge is 0.489 e. The number of sulfonamides is 1. The van der Waals surface area contributed by atoms with E-state index in [2.05, 4.69) is 11.9 Å². The maximum Gasteiger partial charge on any atom is 0.339 e. The van der Waals surface area contributed by atoms with Crippen molar-refractivity contribution in [3.63, 3.8) is 0 Å².